The lowest BCUT2D eigenvalue weighted by Crippen LogP contribution is -2.41. The number of hydrogen-bond acceptors (Lipinski definition) is 2. The molecule has 1 N–H and O–H groups in total. The first-order valence-corrected chi connectivity index (χ1v) is 7.20. The first-order chi connectivity index (χ1) is 8.48. The molecule has 0 aromatic rings. The molecule has 106 valence electrons. The summed E-state index contributed by atoms with van der Waals surface area (Å²) in [6, 6.07) is 0. The Labute approximate surface area is 112 Å². The number of hydrogen-bond donors (Lipinski definition) is 1. The van der Waals surface area contributed by atoms with Gasteiger partial charge in [-0.15, -0.1) is 0 Å². The fourth-order valence-electron chi connectivity index (χ4n) is 2.20. The van der Waals surface area contributed by atoms with Gasteiger partial charge in [0.25, 0.3) is 0 Å². The van der Waals surface area contributed by atoms with E-state index in [1.54, 1.807) is 0 Å². The third-order valence-corrected chi connectivity index (χ3v) is 3.59. The quantitative estimate of drug-likeness (QED) is 0.598. The molecule has 1 saturated heterocycles. The molecule has 1 aliphatic heterocycles. The van der Waals surface area contributed by atoms with Crippen molar-refractivity contribution < 1.29 is 0 Å². The van der Waals surface area contributed by atoms with E-state index >= 15 is 0 Å². The number of nitrogens with zero attached hydrogens (tertiary/aromatic N) is 3. The Morgan fingerprint density at radius 3 is 2.61 bits per heavy atom. The Balaban J connectivity index is 2.51. The predicted octanol–water partition coefficient (Wildman–Crippen LogP) is 1.64. The molecular formula is C14H30N4. The van der Waals surface area contributed by atoms with Gasteiger partial charge in [0.05, 0.1) is 6.54 Å². The second kappa shape index (κ2) is 6.98. The van der Waals surface area contributed by atoms with Crippen molar-refractivity contribution in [2.75, 3.05) is 46.3 Å². The van der Waals surface area contributed by atoms with Crippen LogP contribution in [0, 0.1) is 5.41 Å². The first-order valence-electron chi connectivity index (χ1n) is 7.20. The highest BCUT2D eigenvalue weighted by Gasteiger charge is 2.30. The average Bonchev–Trinajstić information content (AvgIpc) is 2.68. The predicted molar refractivity (Wildman–Crippen MR) is 79.1 cm³/mol. The summed E-state index contributed by atoms with van der Waals surface area (Å²) in [5, 5.41) is 3.41. The molecule has 0 bridgehead atoms. The minimum absolute atomic E-state index is 0.427. The number of likely N-dealkylation sites (N-methyl/N-ethyl adjacent to an activating group) is 1. The van der Waals surface area contributed by atoms with Crippen LogP contribution in [-0.4, -0.2) is 62.1 Å². The Morgan fingerprint density at radius 1 is 1.39 bits per heavy atom. The van der Waals surface area contributed by atoms with Gasteiger partial charge in [-0.2, -0.15) is 0 Å². The Morgan fingerprint density at radius 2 is 2.11 bits per heavy atom. The third-order valence-electron chi connectivity index (χ3n) is 3.59. The van der Waals surface area contributed by atoms with Gasteiger partial charge in [-0.1, -0.05) is 20.8 Å². The van der Waals surface area contributed by atoms with Gasteiger partial charge in [0.15, 0.2) is 5.96 Å². The van der Waals surface area contributed by atoms with Crippen molar-refractivity contribution in [2.45, 2.75) is 34.1 Å². The molecular weight excluding hydrogens is 224 g/mol. The standard InChI is InChI=1S/C14H30N4/c1-6-15-13(16-9-11-17(5)7-2)18-10-8-14(3,4)12-18/h6-12H2,1-5H3,(H,15,16). The van der Waals surface area contributed by atoms with Crippen LogP contribution in [0.3, 0.4) is 0 Å². The van der Waals surface area contributed by atoms with Crippen molar-refractivity contribution in [1.29, 1.82) is 0 Å². The van der Waals surface area contributed by atoms with Crippen LogP contribution in [0.25, 0.3) is 0 Å². The van der Waals surface area contributed by atoms with Crippen LogP contribution in [0.1, 0.15) is 34.1 Å². The minimum atomic E-state index is 0.427. The summed E-state index contributed by atoms with van der Waals surface area (Å²) >= 11 is 0. The van der Waals surface area contributed by atoms with E-state index in [0.29, 0.717) is 5.41 Å². The summed E-state index contributed by atoms with van der Waals surface area (Å²) in [4.78, 5) is 9.43. The zero-order valence-corrected chi connectivity index (χ0v) is 12.8. The van der Waals surface area contributed by atoms with Crippen LogP contribution in [0.2, 0.25) is 0 Å². The van der Waals surface area contributed by atoms with Crippen LogP contribution in [0.4, 0.5) is 0 Å². The van der Waals surface area contributed by atoms with Crippen molar-refractivity contribution in [1.82, 2.24) is 15.1 Å². The third kappa shape index (κ3) is 4.84. The van der Waals surface area contributed by atoms with Crippen LogP contribution in [0.15, 0.2) is 4.99 Å². The van der Waals surface area contributed by atoms with E-state index in [4.69, 9.17) is 4.99 Å². The van der Waals surface area contributed by atoms with E-state index in [2.05, 4.69) is 49.9 Å². The van der Waals surface area contributed by atoms with Crippen molar-refractivity contribution in [2.24, 2.45) is 10.4 Å². The molecule has 18 heavy (non-hydrogen) atoms. The van der Waals surface area contributed by atoms with Crippen molar-refractivity contribution in [3.8, 4) is 0 Å². The van der Waals surface area contributed by atoms with Crippen LogP contribution < -0.4 is 5.32 Å². The maximum atomic E-state index is 4.74. The first kappa shape index (κ1) is 15.3. The van der Waals surface area contributed by atoms with E-state index in [-0.39, 0.29) is 0 Å². The number of rotatable bonds is 5. The Kier molecular flexibility index (Phi) is 5.93. The van der Waals surface area contributed by atoms with Crippen LogP contribution in [-0.2, 0) is 0 Å². The van der Waals surface area contributed by atoms with Gasteiger partial charge in [-0.25, -0.2) is 0 Å². The topological polar surface area (TPSA) is 30.9 Å². The molecule has 1 fully saturated rings. The molecule has 0 unspecified atom stereocenters. The maximum absolute atomic E-state index is 4.74. The zero-order valence-electron chi connectivity index (χ0n) is 12.8. The lowest BCUT2D eigenvalue weighted by Gasteiger charge is -2.24. The molecule has 0 amide bonds. The highest BCUT2D eigenvalue weighted by atomic mass is 15.3. The molecule has 1 rings (SSSR count). The summed E-state index contributed by atoms with van der Waals surface area (Å²) in [7, 11) is 2.14. The van der Waals surface area contributed by atoms with Gasteiger partial charge in [0.1, 0.15) is 0 Å². The van der Waals surface area contributed by atoms with Gasteiger partial charge >= 0.3 is 0 Å². The molecule has 0 aliphatic carbocycles. The van der Waals surface area contributed by atoms with Gasteiger partial charge < -0.3 is 15.1 Å². The second-order valence-electron chi connectivity index (χ2n) is 5.97. The number of guanidine groups is 1. The van der Waals surface area contributed by atoms with E-state index in [1.807, 2.05) is 0 Å². The normalized spacial score (nSPS) is 19.7. The highest BCUT2D eigenvalue weighted by molar-refractivity contribution is 5.80. The van der Waals surface area contributed by atoms with E-state index in [0.717, 1.165) is 45.2 Å². The molecule has 0 spiro atoms. The van der Waals surface area contributed by atoms with Crippen molar-refractivity contribution in [3.05, 3.63) is 0 Å². The molecule has 0 atom stereocenters. The summed E-state index contributed by atoms with van der Waals surface area (Å²) in [6.07, 6.45) is 1.26. The Bertz CT molecular complexity index is 273. The fourth-order valence-corrected chi connectivity index (χ4v) is 2.20. The smallest absolute Gasteiger partial charge is 0.193 e. The van der Waals surface area contributed by atoms with Crippen molar-refractivity contribution >= 4 is 5.96 Å². The minimum Gasteiger partial charge on any atom is -0.357 e. The molecule has 0 aromatic heterocycles. The number of aliphatic imine (C=N–C) groups is 1. The summed E-state index contributed by atoms with van der Waals surface area (Å²) in [5.74, 6) is 1.09. The molecule has 1 aliphatic rings. The average molecular weight is 254 g/mol. The van der Waals surface area contributed by atoms with E-state index < -0.39 is 0 Å². The fraction of sp³-hybridized carbons (Fsp3) is 0.929. The lowest BCUT2D eigenvalue weighted by atomic mass is 9.93. The van der Waals surface area contributed by atoms with Gasteiger partial charge in [0, 0.05) is 26.2 Å². The second-order valence-corrected chi connectivity index (χ2v) is 5.97. The molecule has 0 aromatic carbocycles. The summed E-state index contributed by atoms with van der Waals surface area (Å²) < 4.78 is 0. The molecule has 4 heteroatoms. The Hall–Kier alpha value is -0.770. The lowest BCUT2D eigenvalue weighted by molar-refractivity contribution is 0.357. The van der Waals surface area contributed by atoms with Crippen LogP contribution >= 0.6 is 0 Å². The number of nitrogens with one attached hydrogen (secondary N) is 1. The van der Waals surface area contributed by atoms with Gasteiger partial charge in [0.2, 0.25) is 0 Å². The molecule has 0 radical (unpaired) electrons. The molecule has 4 nitrogen and oxygen atoms in total. The summed E-state index contributed by atoms with van der Waals surface area (Å²) in [5.41, 5.74) is 0.427. The van der Waals surface area contributed by atoms with E-state index in [9.17, 15) is 0 Å². The largest absolute Gasteiger partial charge is 0.357 e. The maximum Gasteiger partial charge on any atom is 0.193 e. The SMILES string of the molecule is CCNC(=NCCN(C)CC)N1CCC(C)(C)C1. The molecule has 0 saturated carbocycles. The zero-order chi connectivity index (χ0) is 13.6. The van der Waals surface area contributed by atoms with Crippen molar-refractivity contribution in [3.63, 3.8) is 0 Å². The monoisotopic (exact) mass is 254 g/mol. The van der Waals surface area contributed by atoms with Crippen LogP contribution in [0.5, 0.6) is 0 Å². The van der Waals surface area contributed by atoms with Gasteiger partial charge in [-0.3, -0.25) is 4.99 Å². The summed E-state index contributed by atoms with van der Waals surface area (Å²) in [6.45, 7) is 15.2. The number of likely N-dealkylation sites (tertiary alicyclic amines) is 1. The molecule has 1 heterocycles. The highest BCUT2D eigenvalue weighted by Crippen LogP contribution is 2.28. The van der Waals surface area contributed by atoms with Gasteiger partial charge in [-0.05, 0) is 32.4 Å². The van der Waals surface area contributed by atoms with E-state index in [1.165, 1.54) is 6.42 Å².